The van der Waals surface area contributed by atoms with Gasteiger partial charge >= 0.3 is 0 Å². The Morgan fingerprint density at radius 1 is 0.944 bits per heavy atom. The maximum atomic E-state index is 13.8. The average Bonchev–Trinajstić information content (AvgIpc) is 3.42. The minimum atomic E-state index is -0.397. The van der Waals surface area contributed by atoms with Crippen LogP contribution in [0.4, 0.5) is 15.8 Å². The molecule has 2 atom stereocenters. The Bertz CT molecular complexity index is 1380. The summed E-state index contributed by atoms with van der Waals surface area (Å²) in [6.07, 6.45) is 5.24. The first-order valence-corrected chi connectivity index (χ1v) is 11.8. The molecule has 0 bridgehead atoms. The molecule has 1 aliphatic heterocycles. The van der Waals surface area contributed by atoms with E-state index in [1.807, 2.05) is 61.5 Å². The van der Waals surface area contributed by atoms with E-state index < -0.39 is 5.82 Å². The average molecular weight is 481 g/mol. The number of rotatable bonds is 5. The molecule has 36 heavy (non-hydrogen) atoms. The highest BCUT2D eigenvalue weighted by molar-refractivity contribution is 6.08. The lowest BCUT2D eigenvalue weighted by molar-refractivity contribution is -0.114. The van der Waals surface area contributed by atoms with E-state index in [0.29, 0.717) is 17.7 Å². The van der Waals surface area contributed by atoms with Gasteiger partial charge in [-0.2, -0.15) is 0 Å². The van der Waals surface area contributed by atoms with E-state index in [0.717, 1.165) is 16.9 Å². The maximum absolute atomic E-state index is 13.8. The van der Waals surface area contributed by atoms with E-state index in [-0.39, 0.29) is 23.9 Å². The van der Waals surface area contributed by atoms with Crippen molar-refractivity contribution in [3.8, 4) is 0 Å². The monoisotopic (exact) mass is 480 g/mol. The zero-order chi connectivity index (χ0) is 25.1. The molecule has 0 radical (unpaired) electrons. The van der Waals surface area contributed by atoms with Crippen LogP contribution in [0, 0.1) is 5.82 Å². The zero-order valence-electron chi connectivity index (χ0n) is 19.8. The Morgan fingerprint density at radius 2 is 1.67 bits per heavy atom. The van der Waals surface area contributed by atoms with Gasteiger partial charge in [-0.25, -0.2) is 4.39 Å². The second kappa shape index (κ2) is 10.0. The van der Waals surface area contributed by atoms with Crippen molar-refractivity contribution in [2.24, 2.45) is 0 Å². The number of carbonyl (C=O) groups excluding carboxylic acids is 2. The van der Waals surface area contributed by atoms with Crippen LogP contribution in [-0.2, 0) is 4.79 Å². The second-order valence-electron chi connectivity index (χ2n) is 8.73. The molecule has 4 aromatic rings. The summed E-state index contributed by atoms with van der Waals surface area (Å²) >= 11 is 0. The standard InChI is InChI=1S/C30H25FN2O3/c1-21-20-28(33(24-8-3-2-4-9-24)30(35)22-13-15-23(31)16-14-22)26-11-5-6-12-27(26)32(21)29(34)18-17-25-10-7-19-36-25/h2-19,21,28H,20H2,1H3/b18-17+/t21-,28-/m0/s1. The van der Waals surface area contributed by atoms with Crippen molar-refractivity contribution in [1.82, 2.24) is 0 Å². The van der Waals surface area contributed by atoms with E-state index in [1.54, 1.807) is 34.3 Å². The van der Waals surface area contributed by atoms with Crippen LogP contribution in [-0.4, -0.2) is 17.9 Å². The number of hydrogen-bond acceptors (Lipinski definition) is 3. The molecular formula is C30H25FN2O3. The molecule has 1 aromatic heterocycles. The number of anilines is 2. The molecule has 5 nitrogen and oxygen atoms in total. The summed E-state index contributed by atoms with van der Waals surface area (Å²) in [5.41, 5.74) is 2.75. The van der Waals surface area contributed by atoms with Gasteiger partial charge in [0.2, 0.25) is 0 Å². The summed E-state index contributed by atoms with van der Waals surface area (Å²) in [6.45, 7) is 1.98. The van der Waals surface area contributed by atoms with Crippen molar-refractivity contribution in [1.29, 1.82) is 0 Å². The Balaban J connectivity index is 1.55. The van der Waals surface area contributed by atoms with Gasteiger partial charge in [0.15, 0.2) is 0 Å². The fraction of sp³-hybridized carbons (Fsp3) is 0.133. The predicted octanol–water partition coefficient (Wildman–Crippen LogP) is 6.65. The van der Waals surface area contributed by atoms with Crippen molar-refractivity contribution in [2.75, 3.05) is 9.80 Å². The second-order valence-corrected chi connectivity index (χ2v) is 8.73. The molecule has 0 spiro atoms. The van der Waals surface area contributed by atoms with Crippen LogP contribution in [0.5, 0.6) is 0 Å². The van der Waals surface area contributed by atoms with E-state index in [9.17, 15) is 14.0 Å². The molecular weight excluding hydrogens is 455 g/mol. The molecule has 5 rings (SSSR count). The third-order valence-corrected chi connectivity index (χ3v) is 6.39. The molecule has 3 aromatic carbocycles. The molecule has 0 fully saturated rings. The lowest BCUT2D eigenvalue weighted by Gasteiger charge is -2.43. The summed E-state index contributed by atoms with van der Waals surface area (Å²) in [4.78, 5) is 30.6. The summed E-state index contributed by atoms with van der Waals surface area (Å²) in [5.74, 6) is -0.197. The molecule has 0 saturated heterocycles. The van der Waals surface area contributed by atoms with Crippen molar-refractivity contribution < 1.29 is 18.4 Å². The van der Waals surface area contributed by atoms with Gasteiger partial charge in [-0.15, -0.1) is 0 Å². The van der Waals surface area contributed by atoms with Crippen LogP contribution in [0.2, 0.25) is 0 Å². The van der Waals surface area contributed by atoms with Crippen LogP contribution in [0.3, 0.4) is 0 Å². The number of para-hydroxylation sites is 2. The van der Waals surface area contributed by atoms with Crippen LogP contribution in [0.15, 0.2) is 108 Å². The van der Waals surface area contributed by atoms with Crippen LogP contribution in [0.1, 0.15) is 41.1 Å². The van der Waals surface area contributed by atoms with Gasteiger partial charge in [-0.1, -0.05) is 36.4 Å². The number of amides is 2. The topological polar surface area (TPSA) is 53.8 Å². The molecule has 6 heteroatoms. The Labute approximate surface area is 209 Å². The van der Waals surface area contributed by atoms with Gasteiger partial charge < -0.3 is 14.2 Å². The van der Waals surface area contributed by atoms with Crippen LogP contribution < -0.4 is 9.80 Å². The van der Waals surface area contributed by atoms with Crippen molar-refractivity contribution in [3.63, 3.8) is 0 Å². The molecule has 0 saturated carbocycles. The van der Waals surface area contributed by atoms with E-state index in [2.05, 4.69) is 0 Å². The highest BCUT2D eigenvalue weighted by Crippen LogP contribution is 2.42. The van der Waals surface area contributed by atoms with Gasteiger partial charge in [0, 0.05) is 29.1 Å². The lowest BCUT2D eigenvalue weighted by atomic mass is 9.89. The lowest BCUT2D eigenvalue weighted by Crippen LogP contribution is -2.47. The quantitative estimate of drug-likeness (QED) is 0.301. The summed E-state index contributed by atoms with van der Waals surface area (Å²) in [6, 6.07) is 25.7. The number of halogens is 1. The van der Waals surface area contributed by atoms with E-state index >= 15 is 0 Å². The first-order valence-electron chi connectivity index (χ1n) is 11.8. The highest BCUT2D eigenvalue weighted by Gasteiger charge is 2.38. The first kappa shape index (κ1) is 23.3. The number of carbonyl (C=O) groups is 2. The normalized spacial score (nSPS) is 17.1. The van der Waals surface area contributed by atoms with E-state index in [1.165, 1.54) is 30.3 Å². The van der Waals surface area contributed by atoms with Crippen molar-refractivity contribution >= 4 is 29.3 Å². The van der Waals surface area contributed by atoms with Crippen molar-refractivity contribution in [2.45, 2.75) is 25.4 Å². The van der Waals surface area contributed by atoms with Gasteiger partial charge in [0.1, 0.15) is 11.6 Å². The fourth-order valence-electron chi connectivity index (χ4n) is 4.74. The molecule has 180 valence electrons. The molecule has 0 unspecified atom stereocenters. The van der Waals surface area contributed by atoms with E-state index in [4.69, 9.17) is 4.42 Å². The molecule has 2 amide bonds. The fourth-order valence-corrected chi connectivity index (χ4v) is 4.74. The number of furan rings is 1. The Kier molecular flexibility index (Phi) is 6.50. The largest absolute Gasteiger partial charge is 0.465 e. The van der Waals surface area contributed by atoms with Gasteiger partial charge in [0.05, 0.1) is 12.3 Å². The zero-order valence-corrected chi connectivity index (χ0v) is 19.8. The third-order valence-electron chi connectivity index (χ3n) is 6.39. The Morgan fingerprint density at radius 3 is 2.39 bits per heavy atom. The molecule has 1 aliphatic rings. The first-order chi connectivity index (χ1) is 17.5. The van der Waals surface area contributed by atoms with Gasteiger partial charge in [0.25, 0.3) is 11.8 Å². The number of nitrogens with zero attached hydrogens (tertiary/aromatic N) is 2. The van der Waals surface area contributed by atoms with Crippen LogP contribution in [0.25, 0.3) is 6.08 Å². The molecule has 2 heterocycles. The Hall–Kier alpha value is -4.45. The molecule has 0 N–H and O–H groups in total. The van der Waals surface area contributed by atoms with Crippen molar-refractivity contribution in [3.05, 3.63) is 126 Å². The number of fused-ring (bicyclic) bond motifs is 1. The minimum absolute atomic E-state index is 0.166. The van der Waals surface area contributed by atoms with Gasteiger partial charge in [-0.05, 0) is 79.6 Å². The molecule has 0 aliphatic carbocycles. The summed E-state index contributed by atoms with van der Waals surface area (Å²) in [5, 5.41) is 0. The smallest absolute Gasteiger partial charge is 0.258 e. The highest BCUT2D eigenvalue weighted by atomic mass is 19.1. The summed E-state index contributed by atoms with van der Waals surface area (Å²) < 4.78 is 18.9. The number of hydrogen-bond donors (Lipinski definition) is 0. The van der Waals surface area contributed by atoms with Crippen LogP contribution >= 0.6 is 0 Å². The van der Waals surface area contributed by atoms with Gasteiger partial charge in [-0.3, -0.25) is 9.59 Å². The summed E-state index contributed by atoms with van der Waals surface area (Å²) in [7, 11) is 0. The minimum Gasteiger partial charge on any atom is -0.465 e. The third kappa shape index (κ3) is 4.58. The predicted molar refractivity (Wildman–Crippen MR) is 138 cm³/mol. The number of benzene rings is 3. The SMILES string of the molecule is C[C@H]1C[C@H](N(C(=O)c2ccc(F)cc2)c2ccccc2)c2ccccc2N1C(=O)/C=C/c1ccco1. The maximum Gasteiger partial charge on any atom is 0.258 e.